The molecule has 0 fully saturated rings. The molecule has 0 amide bonds. The number of nitrogens with zero attached hydrogens (tertiary/aromatic N) is 4. The maximum atomic E-state index is 12.2. The molecule has 2 aromatic heterocycles. The molecule has 7 nitrogen and oxygen atoms in total. The normalized spacial score (nSPS) is 10.9. The Morgan fingerprint density at radius 3 is 2.74 bits per heavy atom. The molecular formula is C11H14ClN5O2. The van der Waals surface area contributed by atoms with E-state index in [2.05, 4.69) is 15.1 Å². The third kappa shape index (κ3) is 2.76. The Balaban J connectivity index is 2.48. The van der Waals surface area contributed by atoms with Crippen LogP contribution in [0.15, 0.2) is 15.9 Å². The minimum atomic E-state index is -0.553. The van der Waals surface area contributed by atoms with E-state index in [9.17, 15) is 9.59 Å². The van der Waals surface area contributed by atoms with Crippen molar-refractivity contribution in [2.75, 3.05) is 0 Å². The van der Waals surface area contributed by atoms with Crippen molar-refractivity contribution in [2.45, 2.75) is 26.3 Å². The highest BCUT2D eigenvalue weighted by Crippen LogP contribution is 2.08. The second-order valence-electron chi connectivity index (χ2n) is 4.20. The molecule has 0 aliphatic carbocycles. The van der Waals surface area contributed by atoms with Gasteiger partial charge in [0.15, 0.2) is 5.82 Å². The minimum absolute atomic E-state index is 0.0306. The Labute approximate surface area is 113 Å². The Morgan fingerprint density at radius 1 is 1.42 bits per heavy atom. The van der Waals surface area contributed by atoms with Gasteiger partial charge in [0.2, 0.25) is 0 Å². The predicted molar refractivity (Wildman–Crippen MR) is 70.4 cm³/mol. The van der Waals surface area contributed by atoms with Gasteiger partial charge in [-0.2, -0.15) is 5.10 Å². The van der Waals surface area contributed by atoms with E-state index in [1.807, 2.05) is 6.92 Å². The zero-order valence-corrected chi connectivity index (χ0v) is 11.4. The van der Waals surface area contributed by atoms with Crippen molar-refractivity contribution in [3.8, 4) is 0 Å². The number of hydrogen-bond donors (Lipinski definition) is 1. The number of nitrogens with one attached hydrogen (secondary N) is 1. The average molecular weight is 284 g/mol. The van der Waals surface area contributed by atoms with E-state index < -0.39 is 5.69 Å². The van der Waals surface area contributed by atoms with Crippen LogP contribution in [0.4, 0.5) is 0 Å². The standard InChI is InChI=1S/C11H14ClN5O2/c1-3-4-7-9(12)14-11(19)17(10(7)18)5-8-13-6-16(2)15-8/h6H,3-5H2,1-2H3,(H,14,19). The topological polar surface area (TPSA) is 85.6 Å². The summed E-state index contributed by atoms with van der Waals surface area (Å²) in [6.07, 6.45) is 2.80. The van der Waals surface area contributed by atoms with Crippen molar-refractivity contribution in [1.82, 2.24) is 24.3 Å². The predicted octanol–water partition coefficient (Wildman–Crippen LogP) is 0.319. The third-order valence-corrected chi connectivity index (χ3v) is 3.00. The summed E-state index contributed by atoms with van der Waals surface area (Å²) in [4.78, 5) is 30.5. The lowest BCUT2D eigenvalue weighted by Gasteiger charge is -2.06. The van der Waals surface area contributed by atoms with Crippen LogP contribution >= 0.6 is 11.6 Å². The number of aromatic nitrogens is 5. The lowest BCUT2D eigenvalue weighted by Crippen LogP contribution is -2.38. The highest BCUT2D eigenvalue weighted by molar-refractivity contribution is 6.30. The van der Waals surface area contributed by atoms with Crippen LogP contribution < -0.4 is 11.2 Å². The molecule has 0 radical (unpaired) electrons. The van der Waals surface area contributed by atoms with Gasteiger partial charge in [-0.05, 0) is 6.42 Å². The molecule has 2 rings (SSSR count). The summed E-state index contributed by atoms with van der Waals surface area (Å²) in [5.41, 5.74) is -0.523. The van der Waals surface area contributed by atoms with Crippen LogP contribution in [-0.2, 0) is 20.0 Å². The smallest absolute Gasteiger partial charge is 0.297 e. The number of aryl methyl sites for hydroxylation is 1. The van der Waals surface area contributed by atoms with Gasteiger partial charge in [0.25, 0.3) is 5.56 Å². The molecule has 2 heterocycles. The van der Waals surface area contributed by atoms with E-state index in [-0.39, 0.29) is 17.3 Å². The molecule has 0 bridgehead atoms. The number of halogens is 1. The monoisotopic (exact) mass is 283 g/mol. The van der Waals surface area contributed by atoms with Gasteiger partial charge in [-0.3, -0.25) is 19.0 Å². The van der Waals surface area contributed by atoms with Crippen LogP contribution in [0, 0.1) is 0 Å². The van der Waals surface area contributed by atoms with Gasteiger partial charge in [0.1, 0.15) is 11.5 Å². The summed E-state index contributed by atoms with van der Waals surface area (Å²) < 4.78 is 2.57. The van der Waals surface area contributed by atoms with Crippen LogP contribution in [0.25, 0.3) is 0 Å². The fraction of sp³-hybridized carbons (Fsp3) is 0.455. The Morgan fingerprint density at radius 2 is 2.16 bits per heavy atom. The molecule has 0 spiro atoms. The second-order valence-corrected chi connectivity index (χ2v) is 4.58. The highest BCUT2D eigenvalue weighted by Gasteiger charge is 2.13. The van der Waals surface area contributed by atoms with Crippen LogP contribution in [0.5, 0.6) is 0 Å². The van der Waals surface area contributed by atoms with E-state index in [0.29, 0.717) is 17.8 Å². The summed E-state index contributed by atoms with van der Waals surface area (Å²) in [5, 5.41) is 4.16. The summed E-state index contributed by atoms with van der Waals surface area (Å²) in [5.74, 6) is 0.403. The maximum absolute atomic E-state index is 12.2. The average Bonchev–Trinajstić information content (AvgIpc) is 2.76. The highest BCUT2D eigenvalue weighted by atomic mass is 35.5. The van der Waals surface area contributed by atoms with Gasteiger partial charge < -0.3 is 0 Å². The van der Waals surface area contributed by atoms with Crippen molar-refractivity contribution in [2.24, 2.45) is 7.05 Å². The quantitative estimate of drug-likeness (QED) is 0.819. The third-order valence-electron chi connectivity index (χ3n) is 2.68. The van der Waals surface area contributed by atoms with Crippen LogP contribution in [0.1, 0.15) is 24.7 Å². The molecule has 0 saturated heterocycles. The molecule has 0 atom stereocenters. The number of aromatic amines is 1. The van der Waals surface area contributed by atoms with Crippen LogP contribution in [0.2, 0.25) is 5.15 Å². The summed E-state index contributed by atoms with van der Waals surface area (Å²) in [6, 6.07) is 0. The molecular weight excluding hydrogens is 270 g/mol. The fourth-order valence-corrected chi connectivity index (χ4v) is 2.05. The Hall–Kier alpha value is -1.89. The molecule has 0 aliphatic rings. The first-order valence-corrected chi connectivity index (χ1v) is 6.26. The van der Waals surface area contributed by atoms with E-state index in [4.69, 9.17) is 11.6 Å². The minimum Gasteiger partial charge on any atom is -0.297 e. The van der Waals surface area contributed by atoms with Gasteiger partial charge in [0, 0.05) is 7.05 Å². The van der Waals surface area contributed by atoms with Gasteiger partial charge in [-0.15, -0.1) is 0 Å². The molecule has 0 aliphatic heterocycles. The zero-order chi connectivity index (χ0) is 14.0. The zero-order valence-electron chi connectivity index (χ0n) is 10.7. The van der Waals surface area contributed by atoms with Crippen LogP contribution in [-0.4, -0.2) is 24.3 Å². The van der Waals surface area contributed by atoms with Crippen LogP contribution in [0.3, 0.4) is 0 Å². The van der Waals surface area contributed by atoms with Crippen molar-refractivity contribution >= 4 is 11.6 Å². The molecule has 102 valence electrons. The number of H-pyrrole nitrogens is 1. The molecule has 0 aromatic carbocycles. The molecule has 2 aromatic rings. The first-order chi connectivity index (χ1) is 9.02. The van der Waals surface area contributed by atoms with E-state index in [1.54, 1.807) is 7.05 Å². The number of hydrogen-bond acceptors (Lipinski definition) is 4. The first kappa shape index (κ1) is 13.5. The van der Waals surface area contributed by atoms with Crippen molar-refractivity contribution < 1.29 is 0 Å². The van der Waals surface area contributed by atoms with Gasteiger partial charge in [-0.1, -0.05) is 24.9 Å². The van der Waals surface area contributed by atoms with Crippen molar-refractivity contribution in [3.05, 3.63) is 43.7 Å². The SMILES string of the molecule is CCCc1c(Cl)[nH]c(=O)n(Cc2ncn(C)n2)c1=O. The van der Waals surface area contributed by atoms with Crippen molar-refractivity contribution in [3.63, 3.8) is 0 Å². The van der Waals surface area contributed by atoms with Gasteiger partial charge in [-0.25, -0.2) is 9.78 Å². The Kier molecular flexibility index (Phi) is 3.84. The van der Waals surface area contributed by atoms with Crippen molar-refractivity contribution in [1.29, 1.82) is 0 Å². The molecule has 19 heavy (non-hydrogen) atoms. The summed E-state index contributed by atoms with van der Waals surface area (Å²) in [7, 11) is 1.72. The fourth-order valence-electron chi connectivity index (χ4n) is 1.79. The number of rotatable bonds is 4. The van der Waals surface area contributed by atoms with E-state index in [0.717, 1.165) is 11.0 Å². The molecule has 1 N–H and O–H groups in total. The lowest BCUT2D eigenvalue weighted by molar-refractivity contribution is 0.642. The summed E-state index contributed by atoms with van der Waals surface area (Å²) >= 11 is 5.89. The van der Waals surface area contributed by atoms with E-state index in [1.165, 1.54) is 11.0 Å². The molecule has 0 unspecified atom stereocenters. The largest absolute Gasteiger partial charge is 0.329 e. The molecule has 0 saturated carbocycles. The summed E-state index contributed by atoms with van der Waals surface area (Å²) in [6.45, 7) is 1.97. The van der Waals surface area contributed by atoms with Gasteiger partial charge >= 0.3 is 5.69 Å². The first-order valence-electron chi connectivity index (χ1n) is 5.89. The lowest BCUT2D eigenvalue weighted by atomic mass is 10.2. The molecule has 8 heteroatoms. The van der Waals surface area contributed by atoms with E-state index >= 15 is 0 Å². The second kappa shape index (κ2) is 5.40. The van der Waals surface area contributed by atoms with Gasteiger partial charge in [0.05, 0.1) is 12.1 Å². The maximum Gasteiger partial charge on any atom is 0.329 e. The Bertz CT molecular complexity index is 700.